The minimum atomic E-state index is -0.585. The Morgan fingerprint density at radius 2 is 1.72 bits per heavy atom. The molecule has 0 atom stereocenters. The van der Waals surface area contributed by atoms with E-state index in [9.17, 15) is 9.59 Å². The van der Waals surface area contributed by atoms with Gasteiger partial charge in [0.05, 0.1) is 11.2 Å². The van der Waals surface area contributed by atoms with E-state index < -0.39 is 17.2 Å². The lowest BCUT2D eigenvalue weighted by Gasteiger charge is -2.33. The second-order valence-corrected chi connectivity index (χ2v) is 8.22. The Morgan fingerprint density at radius 3 is 2.28 bits per heavy atom. The van der Waals surface area contributed by atoms with E-state index in [0.717, 1.165) is 11.4 Å². The number of aryl methyl sites for hydroxylation is 1. The van der Waals surface area contributed by atoms with E-state index in [4.69, 9.17) is 4.74 Å². The second-order valence-electron chi connectivity index (χ2n) is 8.22. The fourth-order valence-corrected chi connectivity index (χ4v) is 3.00. The minimum Gasteiger partial charge on any atom is -0.444 e. The highest BCUT2D eigenvalue weighted by molar-refractivity contribution is 5.93. The topological polar surface area (TPSA) is 85.3 Å². The Kier molecular flexibility index (Phi) is 7.06. The summed E-state index contributed by atoms with van der Waals surface area (Å²) in [4.78, 5) is 25.0. The number of carbonyl (C=O) groups excluding carboxylic acids is 2. The van der Waals surface area contributed by atoms with Crippen LogP contribution in [0, 0.1) is 6.92 Å². The van der Waals surface area contributed by atoms with E-state index >= 15 is 0 Å². The monoisotopic (exact) mass is 400 g/mol. The Labute approximate surface area is 172 Å². The largest absolute Gasteiger partial charge is 0.444 e. The molecule has 1 aromatic heterocycles. The quantitative estimate of drug-likeness (QED) is 0.736. The van der Waals surface area contributed by atoms with Gasteiger partial charge in [-0.25, -0.2) is 9.48 Å². The molecule has 2 amide bonds. The van der Waals surface area contributed by atoms with Crippen LogP contribution in [0.25, 0.3) is 5.69 Å². The van der Waals surface area contributed by atoms with Gasteiger partial charge < -0.3 is 15.4 Å². The lowest BCUT2D eigenvalue weighted by molar-refractivity contribution is 0.0501. The van der Waals surface area contributed by atoms with Gasteiger partial charge in [-0.05, 0) is 58.7 Å². The highest BCUT2D eigenvalue weighted by atomic mass is 16.6. The van der Waals surface area contributed by atoms with E-state index in [0.29, 0.717) is 18.5 Å². The van der Waals surface area contributed by atoms with Crippen LogP contribution in [-0.2, 0) is 4.74 Å². The van der Waals surface area contributed by atoms with Crippen molar-refractivity contribution in [1.82, 2.24) is 20.4 Å². The first kappa shape index (κ1) is 22.5. The third kappa shape index (κ3) is 6.07. The van der Waals surface area contributed by atoms with E-state index in [1.54, 1.807) is 10.7 Å². The van der Waals surface area contributed by atoms with Crippen LogP contribution >= 0.6 is 0 Å². The molecule has 1 heterocycles. The summed E-state index contributed by atoms with van der Waals surface area (Å²) in [6.07, 6.45) is 0.814. The third-order valence-electron chi connectivity index (χ3n) is 4.82. The fourth-order valence-electron chi connectivity index (χ4n) is 3.00. The van der Waals surface area contributed by atoms with Crippen LogP contribution in [0.4, 0.5) is 4.79 Å². The molecular weight excluding hydrogens is 368 g/mol. The van der Waals surface area contributed by atoms with Gasteiger partial charge in [0.15, 0.2) is 5.69 Å². The Balaban J connectivity index is 2.12. The first-order valence-electron chi connectivity index (χ1n) is 10.0. The molecule has 0 bridgehead atoms. The normalized spacial score (nSPS) is 11.8. The maximum atomic E-state index is 12.9. The maximum absolute atomic E-state index is 12.9. The molecule has 0 radical (unpaired) electrons. The van der Waals surface area contributed by atoms with E-state index in [-0.39, 0.29) is 12.5 Å². The third-order valence-corrected chi connectivity index (χ3v) is 4.82. The summed E-state index contributed by atoms with van der Waals surface area (Å²) in [5.41, 5.74) is 0.948. The molecule has 0 saturated carbocycles. The number of carbonyl (C=O) groups is 2. The highest BCUT2D eigenvalue weighted by Gasteiger charge is 2.31. The molecule has 0 aliphatic rings. The van der Waals surface area contributed by atoms with E-state index in [1.165, 1.54) is 0 Å². The van der Waals surface area contributed by atoms with Gasteiger partial charge in [0.1, 0.15) is 5.60 Å². The molecule has 0 aliphatic carbocycles. The summed E-state index contributed by atoms with van der Waals surface area (Å²) in [6, 6.07) is 11.4. The van der Waals surface area contributed by atoms with Gasteiger partial charge in [0.25, 0.3) is 5.91 Å². The van der Waals surface area contributed by atoms with Crippen LogP contribution in [-0.4, -0.2) is 39.5 Å². The first-order valence-corrected chi connectivity index (χ1v) is 10.0. The van der Waals surface area contributed by atoms with Gasteiger partial charge in [0, 0.05) is 12.2 Å². The molecule has 29 heavy (non-hydrogen) atoms. The van der Waals surface area contributed by atoms with Crippen molar-refractivity contribution < 1.29 is 14.3 Å². The number of rotatable bonds is 7. The predicted octanol–water partition coefficient (Wildman–Crippen LogP) is 3.99. The summed E-state index contributed by atoms with van der Waals surface area (Å²) in [5, 5.41) is 10.3. The predicted molar refractivity (Wildman–Crippen MR) is 113 cm³/mol. The molecular formula is C22H32N4O3. The summed E-state index contributed by atoms with van der Waals surface area (Å²) in [5.74, 6) is -0.266. The van der Waals surface area contributed by atoms with Gasteiger partial charge in [-0.2, -0.15) is 5.10 Å². The van der Waals surface area contributed by atoms with Crippen LogP contribution in [0.15, 0.2) is 36.4 Å². The average Bonchev–Trinajstić information content (AvgIpc) is 3.06. The zero-order valence-electron chi connectivity index (χ0n) is 18.2. The van der Waals surface area contributed by atoms with Crippen molar-refractivity contribution in [1.29, 1.82) is 0 Å². The molecule has 0 spiro atoms. The molecule has 7 nitrogen and oxygen atoms in total. The Bertz CT molecular complexity index is 833. The van der Waals surface area contributed by atoms with Crippen molar-refractivity contribution in [2.24, 2.45) is 0 Å². The maximum Gasteiger partial charge on any atom is 0.407 e. The van der Waals surface area contributed by atoms with Crippen molar-refractivity contribution in [3.63, 3.8) is 0 Å². The standard InChI is InChI=1S/C22H32N4O3/c1-7-22(8-2,15-23-20(28)29-21(4,5)6)24-19(27)18-14-16(3)26(25-18)17-12-10-9-11-13-17/h9-14H,7-8,15H2,1-6H3,(H,23,28)(H,24,27). The van der Waals surface area contributed by atoms with Gasteiger partial charge in [-0.1, -0.05) is 32.0 Å². The molecule has 2 rings (SSSR count). The lowest BCUT2D eigenvalue weighted by atomic mass is 9.92. The van der Waals surface area contributed by atoms with Gasteiger partial charge in [0.2, 0.25) is 0 Å². The fraction of sp³-hybridized carbons (Fsp3) is 0.500. The van der Waals surface area contributed by atoms with Crippen LogP contribution in [0.1, 0.15) is 63.6 Å². The lowest BCUT2D eigenvalue weighted by Crippen LogP contribution is -2.55. The van der Waals surface area contributed by atoms with Gasteiger partial charge in [-0.3, -0.25) is 4.79 Å². The summed E-state index contributed by atoms with van der Waals surface area (Å²) in [6.45, 7) is 11.6. The van der Waals surface area contributed by atoms with Crippen molar-refractivity contribution in [2.45, 2.75) is 65.5 Å². The Hall–Kier alpha value is -2.83. The van der Waals surface area contributed by atoms with E-state index in [1.807, 2.05) is 71.9 Å². The number of para-hydroxylation sites is 1. The Morgan fingerprint density at radius 1 is 1.10 bits per heavy atom. The van der Waals surface area contributed by atoms with Crippen molar-refractivity contribution in [2.75, 3.05) is 6.54 Å². The number of nitrogens with one attached hydrogen (secondary N) is 2. The molecule has 2 N–H and O–H groups in total. The van der Waals surface area contributed by atoms with Crippen LogP contribution in [0.2, 0.25) is 0 Å². The molecule has 7 heteroatoms. The van der Waals surface area contributed by atoms with Crippen molar-refractivity contribution in [3.05, 3.63) is 47.8 Å². The number of benzene rings is 1. The molecule has 0 saturated heterocycles. The van der Waals surface area contributed by atoms with Crippen LogP contribution < -0.4 is 10.6 Å². The van der Waals surface area contributed by atoms with Crippen LogP contribution in [0.3, 0.4) is 0 Å². The summed E-state index contributed by atoms with van der Waals surface area (Å²) >= 11 is 0. The van der Waals surface area contributed by atoms with Crippen molar-refractivity contribution >= 4 is 12.0 Å². The number of hydrogen-bond donors (Lipinski definition) is 2. The number of alkyl carbamates (subject to hydrolysis) is 1. The van der Waals surface area contributed by atoms with Crippen molar-refractivity contribution in [3.8, 4) is 5.69 Å². The highest BCUT2D eigenvalue weighted by Crippen LogP contribution is 2.17. The molecule has 0 unspecified atom stereocenters. The number of aromatic nitrogens is 2. The molecule has 158 valence electrons. The molecule has 1 aromatic carbocycles. The SMILES string of the molecule is CCC(CC)(CNC(=O)OC(C)(C)C)NC(=O)c1cc(C)n(-c2ccccc2)n1. The zero-order valence-corrected chi connectivity index (χ0v) is 18.2. The van der Waals surface area contributed by atoms with Crippen LogP contribution in [0.5, 0.6) is 0 Å². The number of nitrogens with zero attached hydrogens (tertiary/aromatic N) is 2. The summed E-state index contributed by atoms with van der Waals surface area (Å²) < 4.78 is 7.04. The summed E-state index contributed by atoms with van der Waals surface area (Å²) in [7, 11) is 0. The first-order chi connectivity index (χ1) is 13.6. The van der Waals surface area contributed by atoms with Gasteiger partial charge >= 0.3 is 6.09 Å². The number of amides is 2. The second kappa shape index (κ2) is 9.11. The van der Waals surface area contributed by atoms with Gasteiger partial charge in [-0.15, -0.1) is 0 Å². The smallest absolute Gasteiger partial charge is 0.407 e. The number of ether oxygens (including phenoxy) is 1. The molecule has 0 aliphatic heterocycles. The zero-order chi connectivity index (χ0) is 21.7. The minimum absolute atomic E-state index is 0.266. The van der Waals surface area contributed by atoms with E-state index in [2.05, 4.69) is 15.7 Å². The number of hydrogen-bond acceptors (Lipinski definition) is 4. The molecule has 2 aromatic rings. The average molecular weight is 401 g/mol. The molecule has 0 fully saturated rings.